The topological polar surface area (TPSA) is 183 Å². The van der Waals surface area contributed by atoms with Gasteiger partial charge in [0.05, 0.1) is 6.61 Å². The predicted octanol–water partition coefficient (Wildman–Crippen LogP) is -2.99. The van der Waals surface area contributed by atoms with Gasteiger partial charge in [0.25, 0.3) is 0 Å². The van der Waals surface area contributed by atoms with E-state index in [1.165, 1.54) is 0 Å². The molecule has 0 saturated carbocycles. The van der Waals surface area contributed by atoms with Gasteiger partial charge in [0.15, 0.2) is 6.23 Å². The average Bonchev–Trinajstić information content (AvgIpc) is 2.64. The van der Waals surface area contributed by atoms with E-state index in [1.54, 1.807) is 0 Å². The highest BCUT2D eigenvalue weighted by atomic mass is 31.2. The number of urea groups is 1. The number of phosphoric acid groups is 1. The molecule has 124 valence electrons. The van der Waals surface area contributed by atoms with Crippen molar-refractivity contribution in [2.24, 2.45) is 0 Å². The van der Waals surface area contributed by atoms with Gasteiger partial charge in [0.1, 0.15) is 24.7 Å². The first-order valence-corrected chi connectivity index (χ1v) is 7.51. The van der Waals surface area contributed by atoms with Gasteiger partial charge in [-0.1, -0.05) is 0 Å². The molecule has 1 unspecified atom stereocenters. The highest BCUT2D eigenvalue weighted by Crippen LogP contribution is 2.42. The molecule has 4 atom stereocenters. The van der Waals surface area contributed by atoms with Gasteiger partial charge in [-0.3, -0.25) is 19.4 Å². The van der Waals surface area contributed by atoms with Crippen LogP contribution < -0.4 is 5.32 Å². The Morgan fingerprint density at radius 1 is 1.36 bits per heavy atom. The summed E-state index contributed by atoms with van der Waals surface area (Å²) in [6, 6.07) is -1.18. The van der Waals surface area contributed by atoms with Crippen molar-refractivity contribution < 1.29 is 48.2 Å². The molecule has 2 heterocycles. The Balaban J connectivity index is 2.29. The minimum atomic E-state index is -5.09. The molecule has 0 aromatic rings. The molecule has 4 amide bonds. The Labute approximate surface area is 122 Å². The first-order valence-electron chi connectivity index (χ1n) is 5.98. The number of barbiturate groups is 1. The summed E-state index contributed by atoms with van der Waals surface area (Å²) in [5.41, 5.74) is 0. The highest BCUT2D eigenvalue weighted by Gasteiger charge is 2.53. The van der Waals surface area contributed by atoms with Gasteiger partial charge in [0, 0.05) is 0 Å². The minimum Gasteiger partial charge on any atom is -0.394 e. The van der Waals surface area contributed by atoms with E-state index in [1.807, 2.05) is 5.32 Å². The van der Waals surface area contributed by atoms with E-state index < -0.39 is 63.2 Å². The average molecular weight is 340 g/mol. The third-order valence-corrected chi connectivity index (χ3v) is 3.57. The smallest absolute Gasteiger partial charge is 0.394 e. The molecule has 12 nitrogen and oxygen atoms in total. The lowest BCUT2D eigenvalue weighted by atomic mass is 10.1. The zero-order valence-electron chi connectivity index (χ0n) is 10.9. The summed E-state index contributed by atoms with van der Waals surface area (Å²) in [6.07, 6.45) is -7.23. The van der Waals surface area contributed by atoms with E-state index in [9.17, 15) is 24.1 Å². The van der Waals surface area contributed by atoms with Crippen LogP contribution in [0.25, 0.3) is 0 Å². The van der Waals surface area contributed by atoms with E-state index in [-0.39, 0.29) is 0 Å². The summed E-state index contributed by atoms with van der Waals surface area (Å²) in [6.45, 7) is -0.749. The van der Waals surface area contributed by atoms with Crippen LogP contribution in [-0.4, -0.2) is 73.9 Å². The highest BCUT2D eigenvalue weighted by molar-refractivity contribution is 7.46. The van der Waals surface area contributed by atoms with Crippen molar-refractivity contribution >= 4 is 25.7 Å². The van der Waals surface area contributed by atoms with Crippen LogP contribution in [0.2, 0.25) is 0 Å². The van der Waals surface area contributed by atoms with Crippen LogP contribution in [0.3, 0.4) is 0 Å². The Bertz CT molecular complexity index is 527. The lowest BCUT2D eigenvalue weighted by molar-refractivity contribution is -0.150. The molecule has 2 rings (SSSR count). The molecular weight excluding hydrogens is 327 g/mol. The van der Waals surface area contributed by atoms with Crippen LogP contribution in [0.5, 0.6) is 0 Å². The zero-order valence-corrected chi connectivity index (χ0v) is 11.8. The van der Waals surface area contributed by atoms with Crippen molar-refractivity contribution in [2.45, 2.75) is 31.0 Å². The van der Waals surface area contributed by atoms with Crippen LogP contribution in [-0.2, 0) is 23.4 Å². The number of aliphatic hydroxyl groups is 2. The molecule has 0 aromatic heterocycles. The summed E-state index contributed by atoms with van der Waals surface area (Å²) in [7, 11) is -5.09. The Morgan fingerprint density at radius 3 is 2.50 bits per heavy atom. The molecular formula is C9H13N2O10P. The second kappa shape index (κ2) is 6.01. The fourth-order valence-corrected chi connectivity index (χ4v) is 2.71. The summed E-state index contributed by atoms with van der Waals surface area (Å²) in [4.78, 5) is 52.6. The number of rotatable bonds is 4. The van der Waals surface area contributed by atoms with Crippen LogP contribution in [0.15, 0.2) is 0 Å². The largest absolute Gasteiger partial charge is 0.470 e. The van der Waals surface area contributed by atoms with E-state index >= 15 is 0 Å². The molecule has 2 aliphatic rings. The molecule has 22 heavy (non-hydrogen) atoms. The second-order valence-corrected chi connectivity index (χ2v) is 5.78. The van der Waals surface area contributed by atoms with Gasteiger partial charge in [-0.05, 0) is 0 Å². The zero-order chi connectivity index (χ0) is 16.7. The van der Waals surface area contributed by atoms with Gasteiger partial charge in [-0.15, -0.1) is 0 Å². The van der Waals surface area contributed by atoms with Gasteiger partial charge in [0.2, 0.25) is 11.8 Å². The molecule has 0 aliphatic carbocycles. The number of aliphatic hydroxyl groups excluding tert-OH is 2. The second-order valence-electron chi connectivity index (χ2n) is 4.59. The number of ether oxygens (including phenoxy) is 1. The lowest BCUT2D eigenvalue weighted by Crippen LogP contribution is -2.59. The number of hydrogen-bond donors (Lipinski definition) is 5. The van der Waals surface area contributed by atoms with Gasteiger partial charge < -0.3 is 24.7 Å². The summed E-state index contributed by atoms with van der Waals surface area (Å²) >= 11 is 0. The molecule has 13 heteroatoms. The molecule has 2 saturated heterocycles. The van der Waals surface area contributed by atoms with Crippen molar-refractivity contribution in [1.82, 2.24) is 10.2 Å². The predicted molar refractivity (Wildman–Crippen MR) is 63.7 cm³/mol. The number of phosphoric ester groups is 1. The third kappa shape index (κ3) is 3.33. The first-order chi connectivity index (χ1) is 10.1. The third-order valence-electron chi connectivity index (χ3n) is 3.05. The van der Waals surface area contributed by atoms with E-state index in [2.05, 4.69) is 4.52 Å². The van der Waals surface area contributed by atoms with Gasteiger partial charge >= 0.3 is 13.9 Å². The maximum Gasteiger partial charge on any atom is 0.470 e. The van der Waals surface area contributed by atoms with Crippen molar-refractivity contribution in [2.75, 3.05) is 6.61 Å². The number of nitrogens with zero attached hydrogens (tertiary/aromatic N) is 1. The number of carbonyl (C=O) groups is 3. The summed E-state index contributed by atoms with van der Waals surface area (Å²) in [5, 5.41) is 20.7. The van der Waals surface area contributed by atoms with Crippen molar-refractivity contribution in [1.29, 1.82) is 0 Å². The van der Waals surface area contributed by atoms with E-state index in [4.69, 9.17) is 19.6 Å². The van der Waals surface area contributed by atoms with Crippen molar-refractivity contribution in [3.63, 3.8) is 0 Å². The van der Waals surface area contributed by atoms with Crippen LogP contribution in [0, 0.1) is 0 Å². The fourth-order valence-electron chi connectivity index (χ4n) is 2.17. The molecule has 0 bridgehead atoms. The maximum absolute atomic E-state index is 11.8. The molecule has 2 fully saturated rings. The standard InChI is InChI=1S/C9H13N2O10P/c12-2-3-6(15)7(21-22(17,18)19)8(20-3)11-5(14)1-4(13)10-9(11)16/h3,6-8,12,15H,1-2H2,(H,10,13,16)(H2,17,18,19)/t3-,6-,7-,8?/m1/s1. The molecule has 0 aromatic carbocycles. The van der Waals surface area contributed by atoms with E-state index in [0.717, 1.165) is 0 Å². The molecule has 0 spiro atoms. The van der Waals surface area contributed by atoms with Crippen molar-refractivity contribution in [3.8, 4) is 0 Å². The molecule has 5 N–H and O–H groups in total. The summed E-state index contributed by atoms with van der Waals surface area (Å²) < 4.78 is 20.4. The minimum absolute atomic E-state index is 0.376. The van der Waals surface area contributed by atoms with Crippen molar-refractivity contribution in [3.05, 3.63) is 0 Å². The first kappa shape index (κ1) is 17.0. The summed E-state index contributed by atoms with van der Waals surface area (Å²) in [5.74, 6) is -1.85. The van der Waals surface area contributed by atoms with Crippen LogP contribution in [0.1, 0.15) is 6.42 Å². The SMILES string of the molecule is O=C1CC(=O)N(C2O[C@H](CO)[C@@H](O)[C@H]2OP(=O)(O)O)C(=O)N1. The Morgan fingerprint density at radius 2 is 2.00 bits per heavy atom. The number of hydrogen-bond acceptors (Lipinski definition) is 8. The monoisotopic (exact) mass is 340 g/mol. The van der Waals surface area contributed by atoms with Crippen LogP contribution in [0.4, 0.5) is 4.79 Å². The van der Waals surface area contributed by atoms with Gasteiger partial charge in [-0.2, -0.15) is 0 Å². The number of nitrogens with one attached hydrogen (secondary N) is 1. The number of carbonyl (C=O) groups excluding carboxylic acids is 3. The molecule has 2 aliphatic heterocycles. The normalized spacial score (nSPS) is 33.3. The maximum atomic E-state index is 11.8. The van der Waals surface area contributed by atoms with Crippen LogP contribution >= 0.6 is 7.82 Å². The number of imide groups is 2. The molecule has 0 radical (unpaired) electrons. The lowest BCUT2D eigenvalue weighted by Gasteiger charge is -2.32. The Kier molecular flexibility index (Phi) is 4.63. The fraction of sp³-hybridized carbons (Fsp3) is 0.667. The Hall–Kier alpha value is -1.40. The van der Waals surface area contributed by atoms with E-state index in [0.29, 0.717) is 4.90 Å². The van der Waals surface area contributed by atoms with Gasteiger partial charge in [-0.25, -0.2) is 14.3 Å². The number of amides is 4. The quantitative estimate of drug-likeness (QED) is 0.261.